The highest BCUT2D eigenvalue weighted by molar-refractivity contribution is 6.30. The number of aliphatic imine (C=N–C) groups is 1. The summed E-state index contributed by atoms with van der Waals surface area (Å²) in [6, 6.07) is 27.4. The van der Waals surface area contributed by atoms with Gasteiger partial charge in [0.15, 0.2) is 0 Å². The first-order chi connectivity index (χ1) is 14.6. The molecule has 0 spiro atoms. The van der Waals surface area contributed by atoms with E-state index < -0.39 is 0 Å². The number of aryl methyl sites for hydroxylation is 1. The predicted octanol–water partition coefficient (Wildman–Crippen LogP) is 5.21. The minimum Gasteiger partial charge on any atom is -0.494 e. The topological polar surface area (TPSA) is 54.6 Å². The van der Waals surface area contributed by atoms with Crippen LogP contribution in [0.3, 0.4) is 0 Å². The lowest BCUT2D eigenvalue weighted by Crippen LogP contribution is -2.05. The van der Waals surface area contributed by atoms with Gasteiger partial charge in [0.05, 0.1) is 29.1 Å². The number of aromatic nitrogens is 1. The van der Waals surface area contributed by atoms with E-state index in [9.17, 15) is 9.90 Å². The number of fused-ring (bicyclic) bond motifs is 1. The lowest BCUT2D eigenvalue weighted by atomic mass is 10.0. The lowest BCUT2D eigenvalue weighted by molar-refractivity contribution is 0.101. The normalized spacial score (nSPS) is 12.7. The van der Waals surface area contributed by atoms with E-state index in [1.54, 1.807) is 0 Å². The molecular formula is C26H20N2O2. The van der Waals surface area contributed by atoms with Crippen LogP contribution in [0, 0.1) is 6.92 Å². The van der Waals surface area contributed by atoms with Gasteiger partial charge in [-0.05, 0) is 18.1 Å². The highest BCUT2D eigenvalue weighted by Crippen LogP contribution is 2.41. The molecule has 0 atom stereocenters. The summed E-state index contributed by atoms with van der Waals surface area (Å²) in [6.07, 6.45) is 0. The first-order valence-corrected chi connectivity index (χ1v) is 9.88. The van der Waals surface area contributed by atoms with Gasteiger partial charge in [0.1, 0.15) is 0 Å². The van der Waals surface area contributed by atoms with Gasteiger partial charge in [0, 0.05) is 5.56 Å². The van der Waals surface area contributed by atoms with Gasteiger partial charge in [0.25, 0.3) is 5.91 Å². The largest absolute Gasteiger partial charge is 0.494 e. The standard InChI is InChI=1S/C26H20N2O2/c1-17-12-14-18(15-13-17)16-28-24(20-10-6-3-7-11-20)22-21(26(28)30)23(27-25(22)29)19-8-4-2-5-9-19/h2-15,30H,16H2,1H3. The van der Waals surface area contributed by atoms with Crippen LogP contribution in [0.2, 0.25) is 0 Å². The summed E-state index contributed by atoms with van der Waals surface area (Å²) < 4.78 is 1.82. The zero-order chi connectivity index (χ0) is 20.7. The maximum atomic E-state index is 13.0. The SMILES string of the molecule is Cc1ccc(Cn2c(O)c3c(c2-c2ccccc2)C(=O)N=C3c2ccccc2)cc1. The van der Waals surface area contributed by atoms with Crippen molar-refractivity contribution in [2.45, 2.75) is 13.5 Å². The monoisotopic (exact) mass is 392 g/mol. The number of rotatable bonds is 4. The summed E-state index contributed by atoms with van der Waals surface area (Å²) in [7, 11) is 0. The molecule has 2 heterocycles. The Morgan fingerprint density at radius 3 is 2.03 bits per heavy atom. The molecule has 1 aromatic heterocycles. The van der Waals surface area contributed by atoms with Crippen LogP contribution in [-0.4, -0.2) is 21.3 Å². The summed E-state index contributed by atoms with van der Waals surface area (Å²) in [5.74, 6) is -0.251. The quantitative estimate of drug-likeness (QED) is 0.518. The van der Waals surface area contributed by atoms with Gasteiger partial charge in [0.2, 0.25) is 5.88 Å². The lowest BCUT2D eigenvalue weighted by Gasteiger charge is -2.13. The molecule has 1 amide bonds. The van der Waals surface area contributed by atoms with Crippen LogP contribution >= 0.6 is 0 Å². The second-order valence-corrected chi connectivity index (χ2v) is 7.49. The van der Waals surface area contributed by atoms with E-state index in [0.717, 1.165) is 16.7 Å². The van der Waals surface area contributed by atoms with Crippen LogP contribution in [0.5, 0.6) is 5.88 Å². The fourth-order valence-electron chi connectivity index (χ4n) is 3.98. The first kappa shape index (κ1) is 18.1. The van der Waals surface area contributed by atoms with E-state index in [4.69, 9.17) is 0 Å². The third-order valence-corrected chi connectivity index (χ3v) is 5.46. The average molecular weight is 392 g/mol. The summed E-state index contributed by atoms with van der Waals surface area (Å²) in [5, 5.41) is 11.3. The Morgan fingerprint density at radius 2 is 1.40 bits per heavy atom. The zero-order valence-corrected chi connectivity index (χ0v) is 16.5. The molecule has 4 nitrogen and oxygen atoms in total. The second-order valence-electron chi connectivity index (χ2n) is 7.49. The van der Waals surface area contributed by atoms with Crippen molar-refractivity contribution in [3.8, 4) is 17.1 Å². The number of aromatic hydroxyl groups is 1. The van der Waals surface area contributed by atoms with Crippen molar-refractivity contribution in [3.05, 3.63) is 113 Å². The maximum Gasteiger partial charge on any atom is 0.280 e. The van der Waals surface area contributed by atoms with Gasteiger partial charge in [-0.25, -0.2) is 4.99 Å². The van der Waals surface area contributed by atoms with Crippen molar-refractivity contribution >= 4 is 11.6 Å². The number of hydrogen-bond donors (Lipinski definition) is 1. The number of hydrogen-bond acceptors (Lipinski definition) is 2. The molecule has 1 aliphatic heterocycles. The summed E-state index contributed by atoms with van der Waals surface area (Å²) in [4.78, 5) is 17.3. The Balaban J connectivity index is 1.73. The van der Waals surface area contributed by atoms with E-state index in [-0.39, 0.29) is 11.8 Å². The molecule has 1 aliphatic rings. The minimum absolute atomic E-state index is 0.0675. The summed E-state index contributed by atoms with van der Waals surface area (Å²) in [5.41, 5.74) is 6.10. The Bertz CT molecular complexity index is 1270. The highest BCUT2D eigenvalue weighted by atomic mass is 16.3. The van der Waals surface area contributed by atoms with Gasteiger partial charge < -0.3 is 9.67 Å². The predicted molar refractivity (Wildman–Crippen MR) is 118 cm³/mol. The molecule has 0 aliphatic carbocycles. The van der Waals surface area contributed by atoms with Crippen LogP contribution in [0.1, 0.15) is 32.6 Å². The summed E-state index contributed by atoms with van der Waals surface area (Å²) >= 11 is 0. The van der Waals surface area contributed by atoms with Crippen LogP contribution < -0.4 is 0 Å². The molecular weight excluding hydrogens is 372 g/mol. The van der Waals surface area contributed by atoms with Crippen LogP contribution in [0.25, 0.3) is 11.3 Å². The van der Waals surface area contributed by atoms with Gasteiger partial charge >= 0.3 is 0 Å². The van der Waals surface area contributed by atoms with E-state index in [2.05, 4.69) is 4.99 Å². The molecule has 146 valence electrons. The van der Waals surface area contributed by atoms with Crippen molar-refractivity contribution in [2.24, 2.45) is 4.99 Å². The van der Waals surface area contributed by atoms with Crippen molar-refractivity contribution < 1.29 is 9.90 Å². The number of carbonyl (C=O) groups is 1. The molecule has 0 bridgehead atoms. The van der Waals surface area contributed by atoms with E-state index in [0.29, 0.717) is 29.1 Å². The Kier molecular flexibility index (Phi) is 4.32. The van der Waals surface area contributed by atoms with Crippen LogP contribution in [0.4, 0.5) is 0 Å². The van der Waals surface area contributed by atoms with Gasteiger partial charge in [-0.2, -0.15) is 0 Å². The second kappa shape index (κ2) is 7.16. The zero-order valence-electron chi connectivity index (χ0n) is 16.5. The Hall–Kier alpha value is -3.92. The minimum atomic E-state index is -0.319. The maximum absolute atomic E-state index is 13.0. The molecule has 5 rings (SSSR count). The molecule has 3 aromatic carbocycles. The van der Waals surface area contributed by atoms with Crippen molar-refractivity contribution in [2.75, 3.05) is 0 Å². The molecule has 30 heavy (non-hydrogen) atoms. The third kappa shape index (κ3) is 2.94. The van der Waals surface area contributed by atoms with Crippen molar-refractivity contribution in [3.63, 3.8) is 0 Å². The molecule has 1 N–H and O–H groups in total. The molecule has 0 fully saturated rings. The Labute approximate surface area is 174 Å². The number of nitrogens with zero attached hydrogens (tertiary/aromatic N) is 2. The van der Waals surface area contributed by atoms with Crippen LogP contribution in [-0.2, 0) is 6.54 Å². The average Bonchev–Trinajstić information content (AvgIpc) is 3.26. The molecule has 0 saturated heterocycles. The molecule has 0 saturated carbocycles. The van der Waals surface area contributed by atoms with Gasteiger partial charge in [-0.1, -0.05) is 90.5 Å². The first-order valence-electron chi connectivity index (χ1n) is 9.88. The van der Waals surface area contributed by atoms with Gasteiger partial charge in [-0.15, -0.1) is 0 Å². The third-order valence-electron chi connectivity index (χ3n) is 5.46. The van der Waals surface area contributed by atoms with E-state index >= 15 is 0 Å². The number of amides is 1. The Morgan fingerprint density at radius 1 is 0.800 bits per heavy atom. The molecule has 4 aromatic rings. The molecule has 4 heteroatoms. The molecule has 0 unspecified atom stereocenters. The molecule has 0 radical (unpaired) electrons. The van der Waals surface area contributed by atoms with Crippen molar-refractivity contribution in [1.29, 1.82) is 0 Å². The summed E-state index contributed by atoms with van der Waals surface area (Å²) in [6.45, 7) is 2.50. The fourth-order valence-corrected chi connectivity index (χ4v) is 3.98. The number of benzene rings is 3. The van der Waals surface area contributed by atoms with Gasteiger partial charge in [-0.3, -0.25) is 4.79 Å². The van der Waals surface area contributed by atoms with Crippen molar-refractivity contribution in [1.82, 2.24) is 4.57 Å². The number of carbonyl (C=O) groups excluding carboxylic acids is 1. The van der Waals surface area contributed by atoms with E-state index in [1.807, 2.05) is 96.4 Å². The fraction of sp³-hybridized carbons (Fsp3) is 0.0769. The van der Waals surface area contributed by atoms with Crippen LogP contribution in [0.15, 0.2) is 89.9 Å². The highest BCUT2D eigenvalue weighted by Gasteiger charge is 2.36. The smallest absolute Gasteiger partial charge is 0.280 e. The van der Waals surface area contributed by atoms with E-state index in [1.165, 1.54) is 5.56 Å².